The maximum Gasteiger partial charge on any atom is 0.342 e. The second-order valence-electron chi connectivity index (χ2n) is 5.01. The molecule has 0 spiro atoms. The molecule has 3 heterocycles. The minimum atomic E-state index is -0.667. The first-order valence-electron chi connectivity index (χ1n) is 7.00. The lowest BCUT2D eigenvalue weighted by Crippen LogP contribution is -2.10. The molecule has 23 heavy (non-hydrogen) atoms. The molecule has 3 aromatic rings. The number of rotatable bonds is 4. The Bertz CT molecular complexity index is 825. The largest absolute Gasteiger partial charge is 0.449 e. The van der Waals surface area contributed by atoms with Gasteiger partial charge in [0, 0.05) is 30.7 Å². The van der Waals surface area contributed by atoms with Gasteiger partial charge in [0.2, 0.25) is 5.82 Å². The van der Waals surface area contributed by atoms with Gasteiger partial charge in [-0.05, 0) is 26.0 Å². The highest BCUT2D eigenvalue weighted by atomic mass is 16.6. The second-order valence-corrected chi connectivity index (χ2v) is 5.01. The molecule has 0 aliphatic carbocycles. The summed E-state index contributed by atoms with van der Waals surface area (Å²) in [5.74, 6) is 0.136. The Morgan fingerprint density at radius 1 is 1.39 bits per heavy atom. The minimum Gasteiger partial charge on any atom is -0.449 e. The Morgan fingerprint density at radius 3 is 2.87 bits per heavy atom. The number of carbonyl (C=O) groups excluding carboxylic acids is 1. The van der Waals surface area contributed by atoms with Crippen LogP contribution < -0.4 is 0 Å². The van der Waals surface area contributed by atoms with E-state index in [9.17, 15) is 4.79 Å². The predicted octanol–water partition coefficient (Wildman–Crippen LogP) is 2.09. The van der Waals surface area contributed by atoms with Crippen molar-refractivity contribution >= 4 is 5.97 Å². The van der Waals surface area contributed by atoms with Crippen LogP contribution in [0.5, 0.6) is 0 Å². The van der Waals surface area contributed by atoms with Gasteiger partial charge in [0.15, 0.2) is 6.10 Å². The van der Waals surface area contributed by atoms with Gasteiger partial charge in [0.1, 0.15) is 5.56 Å². The Hall–Kier alpha value is -3.03. The fourth-order valence-corrected chi connectivity index (χ4v) is 1.99. The summed E-state index contributed by atoms with van der Waals surface area (Å²) >= 11 is 0. The average Bonchev–Trinajstić information content (AvgIpc) is 3.16. The van der Waals surface area contributed by atoms with E-state index >= 15 is 0 Å². The molecule has 3 aromatic heterocycles. The van der Waals surface area contributed by atoms with Crippen LogP contribution in [0.4, 0.5) is 0 Å². The molecule has 0 radical (unpaired) electrons. The van der Waals surface area contributed by atoms with Gasteiger partial charge in [0.25, 0.3) is 5.89 Å². The first kappa shape index (κ1) is 14.9. The standard InChI is InChI=1S/C15H15N5O3/c1-9-12(8-17-20(9)3)15(21)22-10(2)14-18-13(19-23-14)11-5-4-6-16-7-11/h4-8,10H,1-3H3. The fraction of sp³-hybridized carbons (Fsp3) is 0.267. The molecule has 0 aliphatic rings. The molecule has 0 saturated carbocycles. The molecule has 0 bridgehead atoms. The minimum absolute atomic E-state index is 0.221. The number of carbonyl (C=O) groups is 1. The van der Waals surface area contributed by atoms with Gasteiger partial charge in [-0.2, -0.15) is 10.1 Å². The molecular weight excluding hydrogens is 298 g/mol. The molecule has 0 fully saturated rings. The summed E-state index contributed by atoms with van der Waals surface area (Å²) in [6.45, 7) is 3.46. The maximum absolute atomic E-state index is 12.2. The van der Waals surface area contributed by atoms with Crippen LogP contribution >= 0.6 is 0 Å². The van der Waals surface area contributed by atoms with E-state index in [0.717, 1.165) is 11.3 Å². The van der Waals surface area contributed by atoms with Gasteiger partial charge in [-0.1, -0.05) is 5.16 Å². The number of aryl methyl sites for hydroxylation is 1. The fourth-order valence-electron chi connectivity index (χ4n) is 1.99. The Balaban J connectivity index is 1.74. The van der Waals surface area contributed by atoms with Crippen molar-refractivity contribution in [1.82, 2.24) is 24.9 Å². The van der Waals surface area contributed by atoms with Gasteiger partial charge < -0.3 is 9.26 Å². The van der Waals surface area contributed by atoms with Crippen molar-refractivity contribution in [2.75, 3.05) is 0 Å². The molecular formula is C15H15N5O3. The van der Waals surface area contributed by atoms with E-state index in [-0.39, 0.29) is 5.89 Å². The monoisotopic (exact) mass is 313 g/mol. The van der Waals surface area contributed by atoms with Gasteiger partial charge in [0.05, 0.1) is 6.20 Å². The van der Waals surface area contributed by atoms with Crippen molar-refractivity contribution in [3.63, 3.8) is 0 Å². The molecule has 0 aliphatic heterocycles. The zero-order chi connectivity index (χ0) is 16.4. The van der Waals surface area contributed by atoms with Crippen molar-refractivity contribution < 1.29 is 14.1 Å². The van der Waals surface area contributed by atoms with Crippen molar-refractivity contribution in [3.8, 4) is 11.4 Å². The van der Waals surface area contributed by atoms with E-state index in [2.05, 4.69) is 20.2 Å². The molecule has 0 aromatic carbocycles. The van der Waals surface area contributed by atoms with Crippen LogP contribution in [0.2, 0.25) is 0 Å². The normalized spacial score (nSPS) is 12.1. The van der Waals surface area contributed by atoms with Crippen LogP contribution in [0.25, 0.3) is 11.4 Å². The van der Waals surface area contributed by atoms with E-state index in [1.165, 1.54) is 6.20 Å². The lowest BCUT2D eigenvalue weighted by Gasteiger charge is -2.08. The summed E-state index contributed by atoms with van der Waals surface area (Å²) in [7, 11) is 1.76. The summed E-state index contributed by atoms with van der Waals surface area (Å²) < 4.78 is 12.1. The third-order valence-electron chi connectivity index (χ3n) is 3.45. The first-order valence-corrected chi connectivity index (χ1v) is 7.00. The van der Waals surface area contributed by atoms with Crippen LogP contribution in [0.3, 0.4) is 0 Å². The highest BCUT2D eigenvalue weighted by Gasteiger charge is 2.22. The molecule has 0 amide bonds. The Labute approximate surface area is 132 Å². The zero-order valence-electron chi connectivity index (χ0n) is 12.9. The Kier molecular flexibility index (Phi) is 3.88. The third kappa shape index (κ3) is 2.96. The van der Waals surface area contributed by atoms with Crippen molar-refractivity contribution in [2.24, 2.45) is 7.05 Å². The number of pyridine rings is 1. The molecule has 8 heteroatoms. The van der Waals surface area contributed by atoms with Crippen LogP contribution in [-0.2, 0) is 11.8 Å². The SMILES string of the molecule is Cc1c(C(=O)OC(C)c2nc(-c3cccnc3)no2)cnn1C. The smallest absolute Gasteiger partial charge is 0.342 e. The van der Waals surface area contributed by atoms with E-state index < -0.39 is 12.1 Å². The number of hydrogen-bond acceptors (Lipinski definition) is 7. The molecule has 3 rings (SSSR count). The topological polar surface area (TPSA) is 95.9 Å². The zero-order valence-corrected chi connectivity index (χ0v) is 12.9. The van der Waals surface area contributed by atoms with Gasteiger partial charge in [-0.3, -0.25) is 9.67 Å². The first-order chi connectivity index (χ1) is 11.1. The van der Waals surface area contributed by atoms with Gasteiger partial charge in [-0.25, -0.2) is 4.79 Å². The predicted molar refractivity (Wildman–Crippen MR) is 79.3 cm³/mol. The summed E-state index contributed by atoms with van der Waals surface area (Å²) in [6.07, 6.45) is 4.09. The van der Waals surface area contributed by atoms with Crippen molar-refractivity contribution in [1.29, 1.82) is 0 Å². The number of hydrogen-bond donors (Lipinski definition) is 0. The summed E-state index contributed by atoms with van der Waals surface area (Å²) in [6, 6.07) is 3.59. The number of aromatic nitrogens is 5. The number of esters is 1. The van der Waals surface area contributed by atoms with Gasteiger partial charge >= 0.3 is 5.97 Å². The van der Waals surface area contributed by atoms with Gasteiger partial charge in [-0.15, -0.1) is 0 Å². The number of nitrogens with zero attached hydrogens (tertiary/aromatic N) is 5. The second kappa shape index (κ2) is 5.99. The van der Waals surface area contributed by atoms with Crippen LogP contribution in [0.15, 0.2) is 35.2 Å². The number of ether oxygens (including phenoxy) is 1. The van der Waals surface area contributed by atoms with Crippen LogP contribution in [0.1, 0.15) is 35.0 Å². The molecule has 1 atom stereocenters. The lowest BCUT2D eigenvalue weighted by molar-refractivity contribution is 0.0264. The average molecular weight is 313 g/mol. The highest BCUT2D eigenvalue weighted by molar-refractivity contribution is 5.90. The summed E-state index contributed by atoms with van der Waals surface area (Å²) in [4.78, 5) is 20.4. The molecule has 118 valence electrons. The summed E-state index contributed by atoms with van der Waals surface area (Å²) in [5.41, 5.74) is 1.86. The highest BCUT2D eigenvalue weighted by Crippen LogP contribution is 2.21. The molecule has 0 N–H and O–H groups in total. The van der Waals surface area contributed by atoms with Crippen molar-refractivity contribution in [3.05, 3.63) is 47.9 Å². The van der Waals surface area contributed by atoms with E-state index in [4.69, 9.17) is 9.26 Å². The molecule has 8 nitrogen and oxygen atoms in total. The third-order valence-corrected chi connectivity index (χ3v) is 3.45. The quantitative estimate of drug-likeness (QED) is 0.680. The maximum atomic E-state index is 12.2. The van der Waals surface area contributed by atoms with E-state index in [1.54, 1.807) is 44.0 Å². The Morgan fingerprint density at radius 2 is 2.22 bits per heavy atom. The van der Waals surface area contributed by atoms with Crippen LogP contribution in [0, 0.1) is 6.92 Å². The molecule has 1 unspecified atom stereocenters. The summed E-state index contributed by atoms with van der Waals surface area (Å²) in [5, 5.41) is 7.89. The van der Waals surface area contributed by atoms with Crippen LogP contribution in [-0.4, -0.2) is 30.9 Å². The van der Waals surface area contributed by atoms with Crippen molar-refractivity contribution in [2.45, 2.75) is 20.0 Å². The van der Waals surface area contributed by atoms with E-state index in [1.807, 2.05) is 6.07 Å². The van der Waals surface area contributed by atoms with E-state index in [0.29, 0.717) is 11.4 Å². The lowest BCUT2D eigenvalue weighted by atomic mass is 10.2. The molecule has 0 saturated heterocycles.